The Morgan fingerprint density at radius 1 is 0.981 bits per heavy atom. The first-order valence-electron chi connectivity index (χ1n) is 16.1. The van der Waals surface area contributed by atoms with E-state index in [2.05, 4.69) is 20.7 Å². The van der Waals surface area contributed by atoms with Gasteiger partial charge in [0.1, 0.15) is 28.3 Å². The van der Waals surface area contributed by atoms with Crippen LogP contribution < -0.4 is 16.4 Å². The molecule has 5 aromatic rings. The summed E-state index contributed by atoms with van der Waals surface area (Å²) in [4.78, 5) is 55.3. The van der Waals surface area contributed by atoms with Crippen LogP contribution in [0, 0.1) is 18.6 Å². The van der Waals surface area contributed by atoms with Gasteiger partial charge in [-0.1, -0.05) is 12.1 Å². The lowest BCUT2D eigenvalue weighted by molar-refractivity contribution is 0.00681. The highest BCUT2D eigenvalue weighted by molar-refractivity contribution is 6.01. The van der Waals surface area contributed by atoms with Gasteiger partial charge in [-0.05, 0) is 105 Å². The van der Waals surface area contributed by atoms with Crippen molar-refractivity contribution in [2.24, 2.45) is 0 Å². The third kappa shape index (κ3) is 8.31. The second-order valence-electron chi connectivity index (χ2n) is 13.0. The molecule has 15 heteroatoms. The molecule has 0 fully saturated rings. The number of nitrogens with two attached hydrogens (primary N) is 1. The van der Waals surface area contributed by atoms with Crippen molar-refractivity contribution in [3.8, 4) is 5.75 Å². The van der Waals surface area contributed by atoms with E-state index in [0.29, 0.717) is 24.1 Å². The summed E-state index contributed by atoms with van der Waals surface area (Å²) in [5.41, 5.74) is 7.57. The maximum Gasteiger partial charge on any atom is 0.341 e. The van der Waals surface area contributed by atoms with Gasteiger partial charge < -0.3 is 31.3 Å². The standard InChI is InChI=1S/C31H29F2N5O6.C6H7NO/c1-15-17-8-10-23(19(17)7-6-18(15)30(43)44-31(2,3)4)37-28(40)25-12-24(36-26-20(29(41)42)14-35-38(25)26)27(39)34-13-16-5-9-21(32)22(33)11-16;7-5-1-3-6(8)4-2-5/h5-7,9,11-12,14,23H,8,10,13H2,1-4H3,(H,34,39)(H,37,40)(H,41,42);1-4,8H,7H2/t23-;/m0./s1. The number of carboxylic acid groups (broad SMARTS) is 1. The summed E-state index contributed by atoms with van der Waals surface area (Å²) in [6.45, 7) is 7.01. The number of rotatable bonds is 7. The summed E-state index contributed by atoms with van der Waals surface area (Å²) in [6.07, 6.45) is 2.16. The molecule has 6 rings (SSSR count). The summed E-state index contributed by atoms with van der Waals surface area (Å²) in [5, 5.41) is 27.8. The number of hydrogen-bond donors (Lipinski definition) is 5. The summed E-state index contributed by atoms with van der Waals surface area (Å²) in [6, 6.07) is 13.7. The van der Waals surface area contributed by atoms with Crippen molar-refractivity contribution in [2.45, 2.75) is 58.7 Å². The number of nitrogens with zero attached hydrogens (tertiary/aromatic N) is 3. The molecule has 1 aliphatic rings. The van der Waals surface area contributed by atoms with E-state index >= 15 is 0 Å². The molecule has 270 valence electrons. The number of carbonyl (C=O) groups excluding carboxylic acids is 3. The number of amides is 2. The Labute approximate surface area is 296 Å². The maximum atomic E-state index is 13.6. The van der Waals surface area contributed by atoms with Gasteiger partial charge in [-0.15, -0.1) is 0 Å². The molecule has 0 radical (unpaired) electrons. The Hall–Kier alpha value is -6.38. The number of phenolic OH excluding ortho intramolecular Hbond substituents is 1. The number of aromatic carboxylic acids is 1. The molecule has 0 unspecified atom stereocenters. The molecule has 1 atom stereocenters. The molecule has 6 N–H and O–H groups in total. The lowest BCUT2D eigenvalue weighted by atomic mass is 9.97. The Bertz CT molecular complexity index is 2170. The van der Waals surface area contributed by atoms with E-state index in [-0.39, 0.29) is 40.5 Å². The van der Waals surface area contributed by atoms with Crippen molar-refractivity contribution < 1.29 is 42.9 Å². The molecular formula is C37H36F2N6O7. The zero-order valence-corrected chi connectivity index (χ0v) is 28.7. The fourth-order valence-electron chi connectivity index (χ4n) is 5.61. The Kier molecular flexibility index (Phi) is 10.5. The predicted octanol–water partition coefficient (Wildman–Crippen LogP) is 5.29. The van der Waals surface area contributed by atoms with Gasteiger partial charge in [0.2, 0.25) is 0 Å². The second kappa shape index (κ2) is 14.8. The molecular weight excluding hydrogens is 678 g/mol. The molecule has 2 heterocycles. The fourth-order valence-corrected chi connectivity index (χ4v) is 5.61. The molecule has 0 spiro atoms. The van der Waals surface area contributed by atoms with Crippen LogP contribution in [0.25, 0.3) is 5.65 Å². The Morgan fingerprint density at radius 3 is 2.33 bits per heavy atom. The average Bonchev–Trinajstić information content (AvgIpc) is 3.70. The number of fused-ring (bicyclic) bond motifs is 2. The van der Waals surface area contributed by atoms with Gasteiger partial charge in [-0.2, -0.15) is 5.10 Å². The highest BCUT2D eigenvalue weighted by Crippen LogP contribution is 2.35. The number of aromatic nitrogens is 3. The number of anilines is 1. The normalized spacial score (nSPS) is 13.5. The first-order chi connectivity index (χ1) is 24.5. The molecule has 0 aliphatic heterocycles. The van der Waals surface area contributed by atoms with Gasteiger partial charge in [0, 0.05) is 18.3 Å². The smallest absolute Gasteiger partial charge is 0.341 e. The largest absolute Gasteiger partial charge is 0.508 e. The van der Waals surface area contributed by atoms with Crippen LogP contribution in [0.4, 0.5) is 14.5 Å². The molecule has 2 aromatic heterocycles. The van der Waals surface area contributed by atoms with E-state index < -0.39 is 47.0 Å². The summed E-state index contributed by atoms with van der Waals surface area (Å²) < 4.78 is 33.4. The van der Waals surface area contributed by atoms with Crippen molar-refractivity contribution >= 4 is 35.1 Å². The van der Waals surface area contributed by atoms with Crippen LogP contribution in [0.15, 0.2) is 66.9 Å². The van der Waals surface area contributed by atoms with E-state index in [9.17, 15) is 33.1 Å². The van der Waals surface area contributed by atoms with Crippen molar-refractivity contribution in [3.05, 3.63) is 123 Å². The lowest BCUT2D eigenvalue weighted by Gasteiger charge is -2.21. The first-order valence-corrected chi connectivity index (χ1v) is 16.1. The number of halogens is 2. The quantitative estimate of drug-likeness (QED) is 0.0839. The highest BCUT2D eigenvalue weighted by Gasteiger charge is 2.30. The van der Waals surface area contributed by atoms with Crippen molar-refractivity contribution in [2.75, 3.05) is 5.73 Å². The number of aromatic hydroxyl groups is 1. The number of carboxylic acids is 1. The van der Waals surface area contributed by atoms with E-state index in [1.165, 1.54) is 12.1 Å². The zero-order chi connectivity index (χ0) is 37.9. The van der Waals surface area contributed by atoms with Crippen LogP contribution in [0.5, 0.6) is 5.75 Å². The van der Waals surface area contributed by atoms with E-state index in [1.54, 1.807) is 57.2 Å². The SMILES string of the molecule is Cc1c(C(=O)OC(C)(C)C)ccc2c1CC[C@@H]2NC(=O)c1cc(C(=O)NCc2ccc(F)c(F)c2)nc2c(C(=O)O)cnn12.Nc1ccc(O)cc1. The molecule has 52 heavy (non-hydrogen) atoms. The summed E-state index contributed by atoms with van der Waals surface area (Å²) >= 11 is 0. The minimum Gasteiger partial charge on any atom is -0.508 e. The third-order valence-electron chi connectivity index (χ3n) is 8.11. The lowest BCUT2D eigenvalue weighted by Crippen LogP contribution is -2.31. The van der Waals surface area contributed by atoms with Crippen LogP contribution in [-0.4, -0.2) is 54.2 Å². The van der Waals surface area contributed by atoms with Gasteiger partial charge in [-0.3, -0.25) is 9.59 Å². The van der Waals surface area contributed by atoms with E-state index in [4.69, 9.17) is 15.6 Å². The summed E-state index contributed by atoms with van der Waals surface area (Å²) in [7, 11) is 0. The van der Waals surface area contributed by atoms with Crippen molar-refractivity contribution in [1.82, 2.24) is 25.2 Å². The maximum absolute atomic E-state index is 13.6. The zero-order valence-electron chi connectivity index (χ0n) is 28.7. The van der Waals surface area contributed by atoms with Gasteiger partial charge in [0.05, 0.1) is 17.8 Å². The Morgan fingerprint density at radius 2 is 1.69 bits per heavy atom. The molecule has 3 aromatic carbocycles. The van der Waals surface area contributed by atoms with E-state index in [0.717, 1.165) is 39.5 Å². The average molecular weight is 715 g/mol. The second-order valence-corrected chi connectivity index (χ2v) is 13.0. The van der Waals surface area contributed by atoms with Crippen molar-refractivity contribution in [3.63, 3.8) is 0 Å². The number of benzene rings is 3. The fraction of sp³-hybridized carbons (Fsp3) is 0.243. The minimum atomic E-state index is -1.36. The molecule has 13 nitrogen and oxygen atoms in total. The number of hydrogen-bond acceptors (Lipinski definition) is 9. The van der Waals surface area contributed by atoms with Crippen LogP contribution in [0.3, 0.4) is 0 Å². The topological polar surface area (TPSA) is 198 Å². The highest BCUT2D eigenvalue weighted by atomic mass is 19.2. The number of esters is 1. The van der Waals surface area contributed by atoms with Crippen molar-refractivity contribution in [1.29, 1.82) is 0 Å². The molecule has 0 saturated heterocycles. The predicted molar refractivity (Wildman–Crippen MR) is 185 cm³/mol. The van der Waals surface area contributed by atoms with Gasteiger partial charge in [0.25, 0.3) is 11.8 Å². The molecule has 1 aliphatic carbocycles. The van der Waals surface area contributed by atoms with Crippen LogP contribution >= 0.6 is 0 Å². The minimum absolute atomic E-state index is 0.143. The number of carbonyl (C=O) groups is 4. The van der Waals surface area contributed by atoms with Gasteiger partial charge in [0.15, 0.2) is 17.3 Å². The van der Waals surface area contributed by atoms with Gasteiger partial charge in [-0.25, -0.2) is 27.9 Å². The third-order valence-corrected chi connectivity index (χ3v) is 8.11. The van der Waals surface area contributed by atoms with Gasteiger partial charge >= 0.3 is 11.9 Å². The molecule has 0 saturated carbocycles. The number of nitrogens with one attached hydrogen (secondary N) is 2. The molecule has 0 bridgehead atoms. The molecule has 2 amide bonds. The van der Waals surface area contributed by atoms with Crippen LogP contribution in [-0.2, 0) is 17.7 Å². The monoisotopic (exact) mass is 714 g/mol. The number of ether oxygens (including phenoxy) is 1. The van der Waals surface area contributed by atoms with E-state index in [1.807, 2.05) is 6.92 Å². The van der Waals surface area contributed by atoms with Crippen LogP contribution in [0.1, 0.15) is 97.2 Å². The van der Waals surface area contributed by atoms with Crippen LogP contribution in [0.2, 0.25) is 0 Å². The Balaban J connectivity index is 0.000000577. The first kappa shape index (κ1) is 36.9. The number of phenols is 1. The number of nitrogen functional groups attached to an aromatic ring is 1. The summed E-state index contributed by atoms with van der Waals surface area (Å²) in [5.74, 6) is -5.08.